The number of alkyl halides is 3. The largest absolute Gasteiger partial charge is 0.474 e. The van der Waals surface area contributed by atoms with E-state index in [2.05, 4.69) is 0 Å². The molecule has 1 fully saturated rings. The van der Waals surface area contributed by atoms with Gasteiger partial charge >= 0.3 is 12.1 Å². The minimum absolute atomic E-state index is 0.221. The lowest BCUT2D eigenvalue weighted by atomic mass is 10.1. The Morgan fingerprint density at radius 1 is 1.15 bits per heavy atom. The fourth-order valence-corrected chi connectivity index (χ4v) is 3.55. The molecule has 0 spiro atoms. The summed E-state index contributed by atoms with van der Waals surface area (Å²) in [5.41, 5.74) is 4.60. The number of halogens is 4. The third-order valence-corrected chi connectivity index (χ3v) is 5.29. The van der Waals surface area contributed by atoms with Crippen LogP contribution in [0.1, 0.15) is 30.1 Å². The normalized spacial score (nSPS) is 16.8. The topological polar surface area (TPSA) is 98.9 Å². The molecular formula is C22H20ClF3N2O5. The van der Waals surface area contributed by atoms with Gasteiger partial charge in [0.25, 0.3) is 5.91 Å². The number of benzene rings is 2. The molecule has 2 aromatic rings. The summed E-state index contributed by atoms with van der Waals surface area (Å²) in [6.07, 6.45) is -5.07. The zero-order valence-electron chi connectivity index (χ0n) is 17.2. The zero-order valence-corrected chi connectivity index (χ0v) is 17.9. The first-order chi connectivity index (χ1) is 15.6. The molecule has 3 rings (SSSR count). The van der Waals surface area contributed by atoms with E-state index >= 15 is 0 Å². The average Bonchev–Trinajstić information content (AvgIpc) is 3.26. The molecule has 0 bridgehead atoms. The van der Waals surface area contributed by atoms with Crippen LogP contribution in [0.5, 0.6) is 5.75 Å². The molecule has 0 radical (unpaired) electrons. The first kappa shape index (κ1) is 24.4. The Balaban J connectivity index is 1.77. The van der Waals surface area contributed by atoms with Gasteiger partial charge in [-0.3, -0.25) is 9.59 Å². The van der Waals surface area contributed by atoms with Crippen molar-refractivity contribution in [1.82, 2.24) is 4.90 Å². The van der Waals surface area contributed by atoms with Crippen LogP contribution in [0.2, 0.25) is 5.02 Å². The number of nitrogens with two attached hydrogens (primary N) is 1. The van der Waals surface area contributed by atoms with E-state index in [9.17, 15) is 27.6 Å². The molecule has 2 amide bonds. The van der Waals surface area contributed by atoms with Gasteiger partial charge in [0.15, 0.2) is 6.61 Å². The summed E-state index contributed by atoms with van der Waals surface area (Å²) in [6, 6.07) is 9.10. The number of rotatable bonds is 7. The van der Waals surface area contributed by atoms with Crippen LogP contribution in [0.4, 0.5) is 13.2 Å². The van der Waals surface area contributed by atoms with Crippen molar-refractivity contribution in [1.29, 1.82) is 0 Å². The molecule has 0 saturated carbocycles. The molecule has 0 aliphatic carbocycles. The highest BCUT2D eigenvalue weighted by Crippen LogP contribution is 2.33. The van der Waals surface area contributed by atoms with E-state index in [1.165, 1.54) is 35.2 Å². The minimum atomic E-state index is -4.60. The smallest absolute Gasteiger partial charge is 0.416 e. The number of carbonyl (C=O) groups excluding carboxylic acids is 3. The van der Waals surface area contributed by atoms with Crippen LogP contribution in [0.15, 0.2) is 48.5 Å². The third kappa shape index (κ3) is 6.16. The second-order valence-electron chi connectivity index (χ2n) is 7.33. The second kappa shape index (κ2) is 10.1. The molecule has 1 aliphatic rings. The van der Waals surface area contributed by atoms with E-state index in [1.54, 1.807) is 0 Å². The second-order valence-corrected chi connectivity index (χ2v) is 7.77. The predicted octanol–water partition coefficient (Wildman–Crippen LogP) is 3.50. The highest BCUT2D eigenvalue weighted by Gasteiger charge is 2.34. The van der Waals surface area contributed by atoms with Crippen molar-refractivity contribution in [2.45, 2.75) is 31.2 Å². The molecule has 2 unspecified atom stereocenters. The van der Waals surface area contributed by atoms with E-state index in [-0.39, 0.29) is 11.3 Å². The Bertz CT molecular complexity index is 1030. The van der Waals surface area contributed by atoms with Gasteiger partial charge < -0.3 is 20.1 Å². The summed E-state index contributed by atoms with van der Waals surface area (Å²) in [5.74, 6) is -2.49. The molecule has 2 N–H and O–H groups in total. The Morgan fingerprint density at radius 3 is 2.48 bits per heavy atom. The molecule has 1 saturated heterocycles. The van der Waals surface area contributed by atoms with Gasteiger partial charge in [-0.1, -0.05) is 29.8 Å². The van der Waals surface area contributed by atoms with Crippen molar-refractivity contribution in [3.63, 3.8) is 0 Å². The summed E-state index contributed by atoms with van der Waals surface area (Å²) in [6.45, 7) is -0.385. The highest BCUT2D eigenvalue weighted by molar-refractivity contribution is 6.30. The summed E-state index contributed by atoms with van der Waals surface area (Å²) in [4.78, 5) is 37.9. The van der Waals surface area contributed by atoms with Gasteiger partial charge in [0.05, 0.1) is 5.56 Å². The third-order valence-electron chi connectivity index (χ3n) is 5.04. The Kier molecular flexibility index (Phi) is 7.47. The van der Waals surface area contributed by atoms with E-state index < -0.39 is 48.3 Å². The van der Waals surface area contributed by atoms with Crippen molar-refractivity contribution in [3.8, 4) is 5.75 Å². The maximum atomic E-state index is 13.0. The van der Waals surface area contributed by atoms with E-state index in [0.717, 1.165) is 18.2 Å². The van der Waals surface area contributed by atoms with Crippen LogP contribution in [-0.2, 0) is 25.3 Å². The number of primary amides is 1. The fraction of sp³-hybridized carbons (Fsp3) is 0.318. The lowest BCUT2D eigenvalue weighted by molar-refractivity contribution is -0.159. The summed E-state index contributed by atoms with van der Waals surface area (Å²) in [5, 5.41) is 0.367. The Labute approximate surface area is 192 Å². The van der Waals surface area contributed by atoms with Gasteiger partial charge in [0.2, 0.25) is 12.0 Å². The van der Waals surface area contributed by atoms with Crippen molar-refractivity contribution >= 4 is 29.4 Å². The van der Waals surface area contributed by atoms with Crippen molar-refractivity contribution in [2.24, 2.45) is 5.73 Å². The van der Waals surface area contributed by atoms with E-state index in [0.29, 0.717) is 24.4 Å². The molecule has 2 atom stereocenters. The minimum Gasteiger partial charge on any atom is -0.474 e. The number of hydrogen-bond donors (Lipinski definition) is 1. The zero-order chi connectivity index (χ0) is 24.2. The number of ether oxygens (including phenoxy) is 2. The van der Waals surface area contributed by atoms with Crippen LogP contribution >= 0.6 is 11.6 Å². The molecule has 33 heavy (non-hydrogen) atoms. The quantitative estimate of drug-likeness (QED) is 0.606. The molecular weight excluding hydrogens is 465 g/mol. The molecule has 1 heterocycles. The maximum absolute atomic E-state index is 13.0. The summed E-state index contributed by atoms with van der Waals surface area (Å²) >= 11 is 5.87. The summed E-state index contributed by atoms with van der Waals surface area (Å²) in [7, 11) is 0. The standard InChI is InChI=1S/C22H20ClF3N2O5/c23-15-8-6-13(7-9-15)19(33-16-4-1-3-14(11-16)22(24,25)26)21(31)32-12-18(29)28-10-2-5-17(28)20(27)30/h1,3-4,6-9,11,17,19H,2,5,10,12H2,(H2,27,30). The van der Waals surface area contributed by atoms with Crippen LogP contribution in [0, 0.1) is 0 Å². The van der Waals surface area contributed by atoms with Crippen LogP contribution in [0.25, 0.3) is 0 Å². The molecule has 2 aromatic carbocycles. The Hall–Kier alpha value is -3.27. The molecule has 0 aromatic heterocycles. The van der Waals surface area contributed by atoms with E-state index in [1.807, 2.05) is 0 Å². The van der Waals surface area contributed by atoms with Crippen LogP contribution in [0.3, 0.4) is 0 Å². The average molecular weight is 485 g/mol. The molecule has 7 nitrogen and oxygen atoms in total. The Morgan fingerprint density at radius 2 is 1.85 bits per heavy atom. The fourth-order valence-electron chi connectivity index (χ4n) is 3.42. The number of amides is 2. The predicted molar refractivity (Wildman–Crippen MR) is 111 cm³/mol. The van der Waals surface area contributed by atoms with Gasteiger partial charge in [-0.15, -0.1) is 0 Å². The van der Waals surface area contributed by atoms with E-state index in [4.69, 9.17) is 26.8 Å². The highest BCUT2D eigenvalue weighted by atomic mass is 35.5. The van der Waals surface area contributed by atoms with Gasteiger partial charge in [-0.2, -0.15) is 13.2 Å². The summed E-state index contributed by atoms with van der Waals surface area (Å²) < 4.78 is 49.8. The SMILES string of the molecule is NC(=O)C1CCCN1C(=O)COC(=O)C(Oc1cccc(C(F)(F)F)c1)c1ccc(Cl)cc1. The monoisotopic (exact) mass is 484 g/mol. The number of esters is 1. The maximum Gasteiger partial charge on any atom is 0.416 e. The van der Waals surface area contributed by atoms with Crippen molar-refractivity contribution < 1.29 is 37.0 Å². The lowest BCUT2D eigenvalue weighted by Crippen LogP contribution is -2.45. The number of likely N-dealkylation sites (tertiary alicyclic amines) is 1. The van der Waals surface area contributed by atoms with Gasteiger partial charge in [0, 0.05) is 17.1 Å². The van der Waals surface area contributed by atoms with Gasteiger partial charge in [0.1, 0.15) is 11.8 Å². The number of nitrogens with zero attached hydrogens (tertiary/aromatic N) is 1. The lowest BCUT2D eigenvalue weighted by Gasteiger charge is -2.23. The van der Waals surface area contributed by atoms with Gasteiger partial charge in [-0.25, -0.2) is 4.79 Å². The number of hydrogen-bond acceptors (Lipinski definition) is 5. The first-order valence-corrected chi connectivity index (χ1v) is 10.3. The molecule has 1 aliphatic heterocycles. The van der Waals surface area contributed by atoms with Crippen LogP contribution in [-0.4, -0.2) is 41.9 Å². The molecule has 176 valence electrons. The van der Waals surface area contributed by atoms with Crippen molar-refractivity contribution in [2.75, 3.05) is 13.2 Å². The number of carbonyl (C=O) groups is 3. The van der Waals surface area contributed by atoms with Crippen LogP contribution < -0.4 is 10.5 Å². The van der Waals surface area contributed by atoms with Gasteiger partial charge in [-0.05, 0) is 43.2 Å². The first-order valence-electron chi connectivity index (χ1n) is 9.91. The molecule has 11 heteroatoms. The van der Waals surface area contributed by atoms with Crippen molar-refractivity contribution in [3.05, 3.63) is 64.7 Å².